The number of ether oxygens (including phenoxy) is 1. The minimum absolute atomic E-state index is 0.338. The summed E-state index contributed by atoms with van der Waals surface area (Å²) in [6.45, 7) is 8.65. The monoisotopic (exact) mass is 231 g/mol. The van der Waals surface area contributed by atoms with Crippen molar-refractivity contribution < 1.29 is 4.74 Å². The Bertz CT molecular complexity index is 421. The molecular formula is C15H21NO. The average Bonchev–Trinajstić information content (AvgIpc) is 2.73. The molecule has 1 aromatic rings. The quantitative estimate of drug-likeness (QED) is 0.737. The number of aryl methyl sites for hydroxylation is 1. The van der Waals surface area contributed by atoms with Crippen LogP contribution in [0.25, 0.3) is 0 Å². The van der Waals surface area contributed by atoms with Crippen LogP contribution in [0.3, 0.4) is 0 Å². The van der Waals surface area contributed by atoms with E-state index in [1.165, 1.54) is 29.5 Å². The summed E-state index contributed by atoms with van der Waals surface area (Å²) in [5, 5.41) is 0. The van der Waals surface area contributed by atoms with Crippen molar-refractivity contribution >= 4 is 0 Å². The Morgan fingerprint density at radius 2 is 1.82 bits per heavy atom. The zero-order chi connectivity index (χ0) is 11.9. The lowest BCUT2D eigenvalue weighted by atomic mass is 9.90. The van der Waals surface area contributed by atoms with Crippen LogP contribution in [-0.2, 0) is 17.8 Å². The summed E-state index contributed by atoms with van der Waals surface area (Å²) in [7, 11) is 0. The highest BCUT2D eigenvalue weighted by atomic mass is 16.5. The third kappa shape index (κ3) is 2.00. The van der Waals surface area contributed by atoms with Gasteiger partial charge in [0, 0.05) is 31.8 Å². The van der Waals surface area contributed by atoms with Crippen LogP contribution in [0.1, 0.15) is 36.5 Å². The molecule has 2 aliphatic heterocycles. The van der Waals surface area contributed by atoms with Crippen molar-refractivity contribution in [2.75, 3.05) is 13.2 Å². The molecule has 2 heteroatoms. The fourth-order valence-electron chi connectivity index (χ4n) is 3.03. The lowest BCUT2D eigenvalue weighted by Crippen LogP contribution is -2.47. The second-order valence-corrected chi connectivity index (χ2v) is 5.74. The third-order valence-electron chi connectivity index (χ3n) is 4.42. The molecular weight excluding hydrogens is 210 g/mol. The first-order valence-corrected chi connectivity index (χ1v) is 6.59. The molecule has 2 heterocycles. The molecule has 0 spiro atoms. The second-order valence-electron chi connectivity index (χ2n) is 5.74. The Hall–Kier alpha value is -0.860. The molecule has 2 nitrogen and oxygen atoms in total. The van der Waals surface area contributed by atoms with Gasteiger partial charge in [-0.1, -0.05) is 23.8 Å². The lowest BCUT2D eigenvalue weighted by molar-refractivity contribution is -0.0215. The molecule has 0 aliphatic carbocycles. The van der Waals surface area contributed by atoms with Crippen molar-refractivity contribution in [1.29, 1.82) is 0 Å². The third-order valence-corrected chi connectivity index (χ3v) is 4.42. The van der Waals surface area contributed by atoms with E-state index in [2.05, 4.69) is 36.9 Å². The van der Waals surface area contributed by atoms with Gasteiger partial charge in [0.15, 0.2) is 0 Å². The van der Waals surface area contributed by atoms with Crippen LogP contribution < -0.4 is 0 Å². The zero-order valence-corrected chi connectivity index (χ0v) is 10.8. The highest BCUT2D eigenvalue weighted by Gasteiger charge is 2.36. The molecule has 1 aromatic carbocycles. The van der Waals surface area contributed by atoms with E-state index in [1.54, 1.807) is 0 Å². The van der Waals surface area contributed by atoms with Crippen LogP contribution in [0.15, 0.2) is 18.2 Å². The number of hydrogen-bond donors (Lipinski definition) is 0. The van der Waals surface area contributed by atoms with E-state index >= 15 is 0 Å². The Labute approximate surface area is 104 Å². The standard InChI is InChI=1S/C15H21NO/c1-12-3-4-13-10-16(11-14(13)9-12)15(2)5-7-17-8-6-15/h3-4,9H,5-8,10-11H2,1-2H3. The van der Waals surface area contributed by atoms with Gasteiger partial charge in [-0.2, -0.15) is 0 Å². The van der Waals surface area contributed by atoms with Crippen LogP contribution >= 0.6 is 0 Å². The molecule has 1 fully saturated rings. The normalized spacial score (nSPS) is 23.6. The Morgan fingerprint density at radius 1 is 1.12 bits per heavy atom. The van der Waals surface area contributed by atoms with E-state index in [-0.39, 0.29) is 0 Å². The highest BCUT2D eigenvalue weighted by molar-refractivity contribution is 5.34. The Kier molecular flexibility index (Phi) is 2.72. The smallest absolute Gasteiger partial charge is 0.0483 e. The predicted octanol–water partition coefficient (Wildman–Crippen LogP) is 2.88. The van der Waals surface area contributed by atoms with Gasteiger partial charge in [0.05, 0.1) is 0 Å². The summed E-state index contributed by atoms with van der Waals surface area (Å²) in [6, 6.07) is 6.88. The fourth-order valence-corrected chi connectivity index (χ4v) is 3.03. The molecule has 0 saturated carbocycles. The average molecular weight is 231 g/mol. The van der Waals surface area contributed by atoms with E-state index < -0.39 is 0 Å². The van der Waals surface area contributed by atoms with E-state index in [4.69, 9.17) is 4.74 Å². The summed E-state index contributed by atoms with van der Waals surface area (Å²) < 4.78 is 5.49. The van der Waals surface area contributed by atoms with Crippen LogP contribution in [0, 0.1) is 6.92 Å². The number of fused-ring (bicyclic) bond motifs is 1. The SMILES string of the molecule is Cc1ccc2c(c1)CN(C1(C)CCOCC1)C2. The van der Waals surface area contributed by atoms with E-state index in [0.29, 0.717) is 5.54 Å². The zero-order valence-electron chi connectivity index (χ0n) is 10.8. The maximum atomic E-state index is 5.49. The van der Waals surface area contributed by atoms with Gasteiger partial charge in [-0.25, -0.2) is 0 Å². The first-order chi connectivity index (χ1) is 8.17. The molecule has 0 amide bonds. The van der Waals surface area contributed by atoms with Gasteiger partial charge in [-0.3, -0.25) is 4.90 Å². The van der Waals surface area contributed by atoms with Gasteiger partial charge >= 0.3 is 0 Å². The molecule has 17 heavy (non-hydrogen) atoms. The molecule has 0 radical (unpaired) electrons. The number of nitrogens with zero attached hydrogens (tertiary/aromatic N) is 1. The maximum absolute atomic E-state index is 5.49. The summed E-state index contributed by atoms with van der Waals surface area (Å²) in [5.74, 6) is 0. The molecule has 3 rings (SSSR count). The molecule has 0 unspecified atom stereocenters. The minimum Gasteiger partial charge on any atom is -0.381 e. The van der Waals surface area contributed by atoms with Crippen molar-refractivity contribution in [3.63, 3.8) is 0 Å². The number of hydrogen-bond acceptors (Lipinski definition) is 2. The highest BCUT2D eigenvalue weighted by Crippen LogP contribution is 2.35. The van der Waals surface area contributed by atoms with Gasteiger partial charge in [0.25, 0.3) is 0 Å². The van der Waals surface area contributed by atoms with Crippen LogP contribution in [0.2, 0.25) is 0 Å². The van der Waals surface area contributed by atoms with Gasteiger partial charge in [0.1, 0.15) is 0 Å². The molecule has 0 atom stereocenters. The molecule has 0 N–H and O–H groups in total. The topological polar surface area (TPSA) is 12.5 Å². The number of benzene rings is 1. The molecule has 92 valence electrons. The minimum atomic E-state index is 0.338. The summed E-state index contributed by atoms with van der Waals surface area (Å²) in [4.78, 5) is 2.64. The summed E-state index contributed by atoms with van der Waals surface area (Å²) in [5.41, 5.74) is 4.76. The van der Waals surface area contributed by atoms with Gasteiger partial charge < -0.3 is 4.74 Å². The van der Waals surface area contributed by atoms with Gasteiger partial charge in [0.2, 0.25) is 0 Å². The maximum Gasteiger partial charge on any atom is 0.0483 e. The van der Waals surface area contributed by atoms with Crippen LogP contribution in [-0.4, -0.2) is 23.7 Å². The molecule has 0 aromatic heterocycles. The summed E-state index contributed by atoms with van der Waals surface area (Å²) in [6.07, 6.45) is 2.33. The van der Waals surface area contributed by atoms with Crippen molar-refractivity contribution in [3.8, 4) is 0 Å². The van der Waals surface area contributed by atoms with Crippen molar-refractivity contribution in [2.24, 2.45) is 0 Å². The fraction of sp³-hybridized carbons (Fsp3) is 0.600. The Balaban J connectivity index is 1.81. The van der Waals surface area contributed by atoms with E-state index in [1.807, 2.05) is 0 Å². The largest absolute Gasteiger partial charge is 0.381 e. The van der Waals surface area contributed by atoms with Crippen molar-refractivity contribution in [3.05, 3.63) is 34.9 Å². The lowest BCUT2D eigenvalue weighted by Gasteiger charge is -2.41. The van der Waals surface area contributed by atoms with E-state index in [0.717, 1.165) is 26.3 Å². The molecule has 2 aliphatic rings. The Morgan fingerprint density at radius 3 is 2.59 bits per heavy atom. The van der Waals surface area contributed by atoms with Crippen LogP contribution in [0.4, 0.5) is 0 Å². The van der Waals surface area contributed by atoms with Crippen molar-refractivity contribution in [2.45, 2.75) is 45.3 Å². The number of rotatable bonds is 1. The predicted molar refractivity (Wildman–Crippen MR) is 68.9 cm³/mol. The first-order valence-electron chi connectivity index (χ1n) is 6.59. The van der Waals surface area contributed by atoms with E-state index in [9.17, 15) is 0 Å². The van der Waals surface area contributed by atoms with Gasteiger partial charge in [-0.15, -0.1) is 0 Å². The van der Waals surface area contributed by atoms with Gasteiger partial charge in [-0.05, 0) is 37.8 Å². The summed E-state index contributed by atoms with van der Waals surface area (Å²) >= 11 is 0. The first kappa shape index (κ1) is 11.2. The molecule has 0 bridgehead atoms. The molecule has 1 saturated heterocycles. The second kappa shape index (κ2) is 4.11. The van der Waals surface area contributed by atoms with Crippen LogP contribution in [0.5, 0.6) is 0 Å². The van der Waals surface area contributed by atoms with Crippen molar-refractivity contribution in [1.82, 2.24) is 4.90 Å².